The largest absolute Gasteiger partial charge is 0.324 e. The summed E-state index contributed by atoms with van der Waals surface area (Å²) in [6.07, 6.45) is 1.23. The fourth-order valence-corrected chi connectivity index (χ4v) is 3.93. The molecule has 1 aliphatic rings. The van der Waals surface area contributed by atoms with Gasteiger partial charge in [0.05, 0.1) is 0 Å². The number of benzene rings is 2. The molecule has 0 radical (unpaired) electrons. The lowest BCUT2D eigenvalue weighted by Crippen LogP contribution is -2.45. The number of nitrogens with one attached hydrogen (secondary N) is 1. The maximum absolute atomic E-state index is 13.2. The molecular weight excluding hydrogens is 308 g/mol. The summed E-state index contributed by atoms with van der Waals surface area (Å²) in [5, 5.41) is 3.11. The van der Waals surface area contributed by atoms with Gasteiger partial charge >= 0.3 is 0 Å². The van der Waals surface area contributed by atoms with Crippen molar-refractivity contribution in [3.8, 4) is 0 Å². The van der Waals surface area contributed by atoms with E-state index in [0.29, 0.717) is 11.8 Å². The molecule has 1 fully saturated rings. The number of carbonyl (C=O) groups is 1. The van der Waals surface area contributed by atoms with E-state index in [2.05, 4.69) is 43.1 Å². The number of aryl methyl sites for hydroxylation is 1. The standard InChI is InChI=1S/C22H28N2O/c1-16-9-11-20(12-10-16)23-22(25)21(19-7-5-4-6-8-19)24-14-17(2)13-18(3)15-24/h4-12,17-18,21H,13-15H2,1-3H3,(H,23,25)/t17-,18+,21-/m1/s1. The second-order valence-electron chi connectivity index (χ2n) is 7.57. The Hall–Kier alpha value is -2.13. The van der Waals surface area contributed by atoms with Gasteiger partial charge < -0.3 is 5.32 Å². The lowest BCUT2D eigenvalue weighted by atomic mass is 9.89. The van der Waals surface area contributed by atoms with Crippen LogP contribution in [0.3, 0.4) is 0 Å². The molecule has 1 heterocycles. The predicted molar refractivity (Wildman–Crippen MR) is 104 cm³/mol. The van der Waals surface area contributed by atoms with Gasteiger partial charge in [0.25, 0.3) is 0 Å². The average Bonchev–Trinajstić information content (AvgIpc) is 2.57. The highest BCUT2D eigenvalue weighted by Gasteiger charge is 2.32. The Morgan fingerprint density at radius 3 is 2.20 bits per heavy atom. The first-order valence-electron chi connectivity index (χ1n) is 9.19. The van der Waals surface area contributed by atoms with Crippen molar-refractivity contribution in [3.63, 3.8) is 0 Å². The van der Waals surface area contributed by atoms with Crippen LogP contribution < -0.4 is 5.32 Å². The number of amides is 1. The van der Waals surface area contributed by atoms with Crippen LogP contribution in [0.2, 0.25) is 0 Å². The first-order chi connectivity index (χ1) is 12.0. The summed E-state index contributed by atoms with van der Waals surface area (Å²) in [5.41, 5.74) is 3.11. The third kappa shape index (κ3) is 4.49. The Balaban J connectivity index is 1.85. The molecule has 0 spiro atoms. The van der Waals surface area contributed by atoms with Gasteiger partial charge in [-0.1, -0.05) is 61.9 Å². The number of carbonyl (C=O) groups excluding carboxylic acids is 1. The van der Waals surface area contributed by atoms with E-state index in [4.69, 9.17) is 0 Å². The van der Waals surface area contributed by atoms with Crippen molar-refractivity contribution >= 4 is 11.6 Å². The first kappa shape index (κ1) is 17.7. The van der Waals surface area contributed by atoms with Crippen LogP contribution in [0.1, 0.15) is 37.4 Å². The summed E-state index contributed by atoms with van der Waals surface area (Å²) in [5.74, 6) is 1.28. The third-order valence-corrected chi connectivity index (χ3v) is 4.95. The van der Waals surface area contributed by atoms with Gasteiger partial charge in [-0.3, -0.25) is 9.69 Å². The van der Waals surface area contributed by atoms with E-state index in [1.165, 1.54) is 12.0 Å². The topological polar surface area (TPSA) is 32.3 Å². The molecule has 3 nitrogen and oxygen atoms in total. The fraction of sp³-hybridized carbons (Fsp3) is 0.409. The summed E-state index contributed by atoms with van der Waals surface area (Å²) in [6, 6.07) is 17.9. The quantitative estimate of drug-likeness (QED) is 0.881. The Morgan fingerprint density at radius 1 is 1.00 bits per heavy atom. The van der Waals surface area contributed by atoms with Gasteiger partial charge in [0.1, 0.15) is 6.04 Å². The Kier molecular flexibility index (Phi) is 5.54. The Morgan fingerprint density at radius 2 is 1.60 bits per heavy atom. The molecule has 2 aromatic rings. The average molecular weight is 336 g/mol. The molecule has 3 heteroatoms. The molecule has 1 amide bonds. The molecule has 25 heavy (non-hydrogen) atoms. The van der Waals surface area contributed by atoms with Gasteiger partial charge in [-0.05, 0) is 42.9 Å². The van der Waals surface area contributed by atoms with Gasteiger partial charge in [0.2, 0.25) is 5.91 Å². The molecule has 1 N–H and O–H groups in total. The molecule has 1 saturated heterocycles. The zero-order valence-electron chi connectivity index (χ0n) is 15.4. The number of rotatable bonds is 4. The van der Waals surface area contributed by atoms with Crippen molar-refractivity contribution in [2.75, 3.05) is 18.4 Å². The highest BCUT2D eigenvalue weighted by Crippen LogP contribution is 2.30. The molecule has 0 unspecified atom stereocenters. The van der Waals surface area contributed by atoms with E-state index < -0.39 is 0 Å². The molecule has 0 aromatic heterocycles. The summed E-state index contributed by atoms with van der Waals surface area (Å²) in [6.45, 7) is 8.54. The molecular formula is C22H28N2O. The van der Waals surface area contributed by atoms with Crippen LogP contribution in [0.5, 0.6) is 0 Å². The van der Waals surface area contributed by atoms with Gasteiger partial charge in [0, 0.05) is 18.8 Å². The highest BCUT2D eigenvalue weighted by molar-refractivity contribution is 5.95. The molecule has 2 aromatic carbocycles. The smallest absolute Gasteiger partial charge is 0.246 e. The Labute approximate surface area is 151 Å². The van der Waals surface area contributed by atoms with Crippen molar-refractivity contribution < 1.29 is 4.79 Å². The number of anilines is 1. The van der Waals surface area contributed by atoms with Crippen molar-refractivity contribution in [2.24, 2.45) is 11.8 Å². The molecule has 1 aliphatic heterocycles. The zero-order chi connectivity index (χ0) is 17.8. The van der Waals surface area contributed by atoms with Gasteiger partial charge in [-0.2, -0.15) is 0 Å². The minimum atomic E-state index is -0.243. The van der Waals surface area contributed by atoms with Crippen molar-refractivity contribution in [1.29, 1.82) is 0 Å². The van der Waals surface area contributed by atoms with E-state index in [-0.39, 0.29) is 11.9 Å². The zero-order valence-corrected chi connectivity index (χ0v) is 15.4. The van der Waals surface area contributed by atoms with E-state index in [1.54, 1.807) is 0 Å². The van der Waals surface area contributed by atoms with Crippen LogP contribution >= 0.6 is 0 Å². The molecule has 0 saturated carbocycles. The SMILES string of the molecule is Cc1ccc(NC(=O)[C@@H](c2ccccc2)N2C[C@H](C)C[C@H](C)C2)cc1. The minimum absolute atomic E-state index is 0.0522. The van der Waals surface area contributed by atoms with Crippen LogP contribution in [-0.2, 0) is 4.79 Å². The van der Waals surface area contributed by atoms with Crippen LogP contribution in [0, 0.1) is 18.8 Å². The second kappa shape index (κ2) is 7.83. The van der Waals surface area contributed by atoms with Gasteiger partial charge in [-0.15, -0.1) is 0 Å². The van der Waals surface area contributed by atoms with Crippen molar-refractivity contribution in [2.45, 2.75) is 33.2 Å². The van der Waals surface area contributed by atoms with E-state index in [1.807, 2.05) is 42.5 Å². The number of hydrogen-bond donors (Lipinski definition) is 1. The normalized spacial score (nSPS) is 22.4. The molecule has 0 aliphatic carbocycles. The predicted octanol–water partition coefficient (Wildman–Crippen LogP) is 4.65. The van der Waals surface area contributed by atoms with E-state index >= 15 is 0 Å². The van der Waals surface area contributed by atoms with E-state index in [0.717, 1.165) is 24.3 Å². The number of nitrogens with zero attached hydrogens (tertiary/aromatic N) is 1. The maximum Gasteiger partial charge on any atom is 0.246 e. The second-order valence-corrected chi connectivity index (χ2v) is 7.57. The number of hydrogen-bond acceptors (Lipinski definition) is 2. The molecule has 3 atom stereocenters. The lowest BCUT2D eigenvalue weighted by Gasteiger charge is -2.39. The number of piperidine rings is 1. The van der Waals surface area contributed by atoms with Crippen LogP contribution in [-0.4, -0.2) is 23.9 Å². The highest BCUT2D eigenvalue weighted by atomic mass is 16.2. The molecule has 3 rings (SSSR count). The van der Waals surface area contributed by atoms with E-state index in [9.17, 15) is 4.79 Å². The Bertz CT molecular complexity index is 686. The summed E-state index contributed by atoms with van der Waals surface area (Å²) in [7, 11) is 0. The third-order valence-electron chi connectivity index (χ3n) is 4.95. The molecule has 132 valence electrons. The monoisotopic (exact) mass is 336 g/mol. The van der Waals surface area contributed by atoms with Gasteiger partial charge in [-0.25, -0.2) is 0 Å². The van der Waals surface area contributed by atoms with Crippen LogP contribution in [0.25, 0.3) is 0 Å². The fourth-order valence-electron chi connectivity index (χ4n) is 3.93. The molecule has 0 bridgehead atoms. The first-order valence-corrected chi connectivity index (χ1v) is 9.19. The van der Waals surface area contributed by atoms with Crippen molar-refractivity contribution in [1.82, 2.24) is 4.90 Å². The van der Waals surface area contributed by atoms with Crippen molar-refractivity contribution in [3.05, 3.63) is 65.7 Å². The van der Waals surface area contributed by atoms with Crippen LogP contribution in [0.15, 0.2) is 54.6 Å². The summed E-state index contributed by atoms with van der Waals surface area (Å²) >= 11 is 0. The van der Waals surface area contributed by atoms with Gasteiger partial charge in [0.15, 0.2) is 0 Å². The maximum atomic E-state index is 13.2. The summed E-state index contributed by atoms with van der Waals surface area (Å²) in [4.78, 5) is 15.5. The van der Waals surface area contributed by atoms with Crippen LogP contribution in [0.4, 0.5) is 5.69 Å². The lowest BCUT2D eigenvalue weighted by molar-refractivity contribution is -0.122. The number of likely N-dealkylation sites (tertiary alicyclic amines) is 1. The summed E-state index contributed by atoms with van der Waals surface area (Å²) < 4.78 is 0. The minimum Gasteiger partial charge on any atom is -0.324 e.